The number of nitrogens with zero attached hydrogens (tertiary/aromatic N) is 2. The number of carbonyl (C=O) groups excluding carboxylic acids is 1. The van der Waals surface area contributed by atoms with Gasteiger partial charge >= 0.3 is 0 Å². The van der Waals surface area contributed by atoms with Gasteiger partial charge in [0, 0.05) is 28.8 Å². The quantitative estimate of drug-likeness (QED) is 0.684. The van der Waals surface area contributed by atoms with Gasteiger partial charge in [-0.25, -0.2) is 5.43 Å². The van der Waals surface area contributed by atoms with Crippen molar-refractivity contribution in [1.29, 1.82) is 0 Å². The first kappa shape index (κ1) is 15.6. The summed E-state index contributed by atoms with van der Waals surface area (Å²) in [6.07, 6.45) is 3.26. The Kier molecular flexibility index (Phi) is 3.50. The molecular weight excluding hydrogens is 294 g/mol. The van der Waals surface area contributed by atoms with Crippen LogP contribution in [0.15, 0.2) is 29.4 Å². The van der Waals surface area contributed by atoms with Crippen LogP contribution in [-0.2, 0) is 0 Å². The molecule has 2 atom stereocenters. The van der Waals surface area contributed by atoms with Crippen LogP contribution in [0.2, 0.25) is 0 Å². The molecule has 0 spiro atoms. The number of nitro benzene ring substituents is 1. The lowest BCUT2D eigenvalue weighted by Crippen LogP contribution is -2.34. The molecule has 2 saturated carbocycles. The predicted molar refractivity (Wildman–Crippen MR) is 87.2 cm³/mol. The molecule has 0 unspecified atom stereocenters. The van der Waals surface area contributed by atoms with E-state index in [1.54, 1.807) is 0 Å². The molecule has 1 N–H and O–H groups in total. The van der Waals surface area contributed by atoms with Crippen LogP contribution < -0.4 is 5.43 Å². The fraction of sp³-hybridized carbons (Fsp3) is 0.529. The normalized spacial score (nSPS) is 29.7. The van der Waals surface area contributed by atoms with Gasteiger partial charge in [-0.05, 0) is 42.7 Å². The molecule has 0 saturated heterocycles. The number of hydrogen-bond acceptors (Lipinski definition) is 4. The third kappa shape index (κ3) is 2.33. The van der Waals surface area contributed by atoms with E-state index in [4.69, 9.17) is 0 Å². The first-order chi connectivity index (χ1) is 10.8. The molecule has 2 aliphatic rings. The minimum Gasteiger partial charge on any atom is -0.267 e. The van der Waals surface area contributed by atoms with Crippen LogP contribution in [0.4, 0.5) is 5.69 Å². The molecule has 122 valence electrons. The second kappa shape index (κ2) is 5.15. The Balaban J connectivity index is 1.73. The van der Waals surface area contributed by atoms with Gasteiger partial charge in [0.1, 0.15) is 0 Å². The Morgan fingerprint density at radius 3 is 2.43 bits per heavy atom. The predicted octanol–water partition coefficient (Wildman–Crippen LogP) is 3.53. The zero-order chi connectivity index (χ0) is 16.8. The van der Waals surface area contributed by atoms with Crippen LogP contribution in [-0.4, -0.2) is 16.5 Å². The molecule has 6 nitrogen and oxygen atoms in total. The maximum atomic E-state index is 12.2. The van der Waals surface area contributed by atoms with E-state index in [0.29, 0.717) is 11.5 Å². The largest absolute Gasteiger partial charge is 0.271 e. The van der Waals surface area contributed by atoms with Crippen LogP contribution in [0.25, 0.3) is 0 Å². The number of nitro groups is 1. The van der Waals surface area contributed by atoms with Gasteiger partial charge in [0.05, 0.1) is 4.92 Å². The topological polar surface area (TPSA) is 84.6 Å². The number of rotatable bonds is 3. The Morgan fingerprint density at radius 2 is 1.96 bits per heavy atom. The first-order valence-corrected chi connectivity index (χ1v) is 7.87. The molecule has 2 aliphatic carbocycles. The van der Waals surface area contributed by atoms with E-state index in [2.05, 4.69) is 31.3 Å². The van der Waals surface area contributed by atoms with E-state index in [0.717, 1.165) is 18.6 Å². The zero-order valence-corrected chi connectivity index (χ0v) is 13.6. The summed E-state index contributed by atoms with van der Waals surface area (Å²) >= 11 is 0. The van der Waals surface area contributed by atoms with Crippen LogP contribution >= 0.6 is 0 Å². The molecule has 2 bridgehead atoms. The number of benzene rings is 1. The molecule has 0 heterocycles. The summed E-state index contributed by atoms with van der Waals surface area (Å²) in [7, 11) is 0. The molecule has 0 aliphatic heterocycles. The lowest BCUT2D eigenvalue weighted by molar-refractivity contribution is -0.384. The fourth-order valence-corrected chi connectivity index (χ4v) is 4.01. The molecule has 1 aromatic carbocycles. The summed E-state index contributed by atoms with van der Waals surface area (Å²) in [5, 5.41) is 15.0. The third-order valence-electron chi connectivity index (χ3n) is 6.14. The highest BCUT2D eigenvalue weighted by Crippen LogP contribution is 2.63. The molecule has 23 heavy (non-hydrogen) atoms. The minimum atomic E-state index is -0.486. The monoisotopic (exact) mass is 315 g/mol. The first-order valence-electron chi connectivity index (χ1n) is 7.87. The van der Waals surface area contributed by atoms with Crippen molar-refractivity contribution in [3.05, 3.63) is 39.9 Å². The van der Waals surface area contributed by atoms with Crippen molar-refractivity contribution in [2.45, 2.75) is 40.0 Å². The molecule has 0 aromatic heterocycles. The Labute approximate surface area is 135 Å². The van der Waals surface area contributed by atoms with E-state index < -0.39 is 4.92 Å². The van der Waals surface area contributed by atoms with E-state index in [1.807, 2.05) is 0 Å². The highest BCUT2D eigenvalue weighted by atomic mass is 16.6. The summed E-state index contributed by atoms with van der Waals surface area (Å²) in [4.78, 5) is 22.3. The molecule has 2 fully saturated rings. The molecule has 0 radical (unpaired) electrons. The number of amides is 1. The van der Waals surface area contributed by atoms with E-state index in [1.165, 1.54) is 30.7 Å². The van der Waals surface area contributed by atoms with Gasteiger partial charge in [-0.15, -0.1) is 0 Å². The van der Waals surface area contributed by atoms with Gasteiger partial charge < -0.3 is 0 Å². The number of nitrogens with one attached hydrogen (secondary N) is 1. The van der Waals surface area contributed by atoms with Crippen molar-refractivity contribution < 1.29 is 9.72 Å². The molecule has 6 heteroatoms. The van der Waals surface area contributed by atoms with Crippen LogP contribution in [0.5, 0.6) is 0 Å². The molecule has 1 aromatic rings. The van der Waals surface area contributed by atoms with Crippen molar-refractivity contribution in [3.63, 3.8) is 0 Å². The summed E-state index contributed by atoms with van der Waals surface area (Å²) in [5.74, 6) is 0.291. The molecule has 1 amide bonds. The summed E-state index contributed by atoms with van der Waals surface area (Å²) in [6, 6.07) is 5.54. The average molecular weight is 315 g/mol. The van der Waals surface area contributed by atoms with E-state index in [9.17, 15) is 14.9 Å². The van der Waals surface area contributed by atoms with Gasteiger partial charge in [0.2, 0.25) is 0 Å². The van der Waals surface area contributed by atoms with Gasteiger partial charge in [-0.2, -0.15) is 5.10 Å². The van der Waals surface area contributed by atoms with E-state index >= 15 is 0 Å². The third-order valence-corrected chi connectivity index (χ3v) is 6.14. The Morgan fingerprint density at radius 1 is 1.30 bits per heavy atom. The number of carbonyl (C=O) groups is 1. The van der Waals surface area contributed by atoms with Crippen molar-refractivity contribution in [2.75, 3.05) is 0 Å². The van der Waals surface area contributed by atoms with Crippen molar-refractivity contribution in [2.24, 2.45) is 21.8 Å². The second-order valence-electron chi connectivity index (χ2n) is 7.30. The van der Waals surface area contributed by atoms with Crippen LogP contribution in [0, 0.1) is 26.9 Å². The van der Waals surface area contributed by atoms with Crippen molar-refractivity contribution in [1.82, 2.24) is 5.43 Å². The lowest BCUT2D eigenvalue weighted by atomic mass is 9.70. The van der Waals surface area contributed by atoms with Gasteiger partial charge in [-0.1, -0.05) is 20.8 Å². The molecule has 3 rings (SSSR count). The van der Waals surface area contributed by atoms with E-state index in [-0.39, 0.29) is 22.4 Å². The Hall–Kier alpha value is -2.24. The SMILES string of the molecule is CC1(C)[C@H]2CC[C@@]1(C)/C(=N/NC(=O)c1ccc([N+](=O)[O-])cc1)C2. The summed E-state index contributed by atoms with van der Waals surface area (Å²) < 4.78 is 0. The lowest BCUT2D eigenvalue weighted by Gasteiger charge is -2.34. The minimum absolute atomic E-state index is 0.0322. The average Bonchev–Trinajstić information content (AvgIpc) is 2.85. The fourth-order valence-electron chi connectivity index (χ4n) is 4.01. The highest BCUT2D eigenvalue weighted by Gasteiger charge is 2.59. The highest BCUT2D eigenvalue weighted by molar-refractivity contribution is 5.98. The summed E-state index contributed by atoms with van der Waals surface area (Å²) in [5.41, 5.74) is 4.27. The summed E-state index contributed by atoms with van der Waals surface area (Å²) in [6.45, 7) is 6.80. The second-order valence-corrected chi connectivity index (χ2v) is 7.30. The standard InChI is InChI=1S/C17H21N3O3/c1-16(2)12-8-9-17(16,3)14(10-12)18-19-15(21)11-4-6-13(7-5-11)20(22)23/h4-7,12H,8-10H2,1-3H3,(H,19,21)/b18-14+/t12-,17-/m0/s1. The number of hydrazone groups is 1. The van der Waals surface area contributed by atoms with Gasteiger partial charge in [0.15, 0.2) is 0 Å². The number of hydrogen-bond donors (Lipinski definition) is 1. The van der Waals surface area contributed by atoms with Crippen molar-refractivity contribution >= 4 is 17.3 Å². The molecular formula is C17H21N3O3. The maximum absolute atomic E-state index is 12.2. The maximum Gasteiger partial charge on any atom is 0.271 e. The van der Waals surface area contributed by atoms with Crippen LogP contribution in [0.3, 0.4) is 0 Å². The zero-order valence-electron chi connectivity index (χ0n) is 13.6. The smallest absolute Gasteiger partial charge is 0.267 e. The van der Waals surface area contributed by atoms with Gasteiger partial charge in [-0.3, -0.25) is 14.9 Å². The van der Waals surface area contributed by atoms with Crippen molar-refractivity contribution in [3.8, 4) is 0 Å². The Bertz CT molecular complexity index is 694. The number of non-ortho nitro benzene ring substituents is 1. The number of fused-ring (bicyclic) bond motifs is 2. The van der Waals surface area contributed by atoms with Gasteiger partial charge in [0.25, 0.3) is 11.6 Å². The van der Waals surface area contributed by atoms with Crippen LogP contribution in [0.1, 0.15) is 50.4 Å².